The van der Waals surface area contributed by atoms with Gasteiger partial charge in [0, 0.05) is 25.0 Å². The first-order valence-corrected chi connectivity index (χ1v) is 6.51. The van der Waals surface area contributed by atoms with Crippen molar-refractivity contribution in [2.24, 2.45) is 0 Å². The first-order chi connectivity index (χ1) is 8.95. The van der Waals surface area contributed by atoms with Crippen molar-refractivity contribution in [2.75, 3.05) is 13.1 Å². The summed E-state index contributed by atoms with van der Waals surface area (Å²) in [5.74, 6) is -0.454. The normalized spacial score (nSPS) is 10.4. The maximum Gasteiger partial charge on any atom is 0.255 e. The number of likely N-dealkylation sites (N-methyl/N-ethyl adjacent to an activating group) is 1. The summed E-state index contributed by atoms with van der Waals surface area (Å²) in [5.41, 5.74) is 0.357. The Morgan fingerprint density at radius 2 is 2.16 bits per heavy atom. The van der Waals surface area contributed by atoms with Crippen molar-refractivity contribution in [1.82, 2.24) is 15.2 Å². The lowest BCUT2D eigenvalue weighted by Crippen LogP contribution is -2.42. The molecule has 19 heavy (non-hydrogen) atoms. The predicted octanol–water partition coefficient (Wildman–Crippen LogP) is 1.72. The largest absolute Gasteiger partial charge is 0.352 e. The number of hydrogen-bond donors (Lipinski definition) is 1. The topological polar surface area (TPSA) is 62.3 Å². The molecule has 0 aliphatic carbocycles. The molecule has 5 nitrogen and oxygen atoms in total. The summed E-state index contributed by atoms with van der Waals surface area (Å²) < 4.78 is 0. The summed E-state index contributed by atoms with van der Waals surface area (Å²) in [7, 11) is 0. The van der Waals surface area contributed by atoms with Gasteiger partial charge >= 0.3 is 0 Å². The van der Waals surface area contributed by atoms with Crippen molar-refractivity contribution >= 4 is 23.4 Å². The van der Waals surface area contributed by atoms with Gasteiger partial charge in [0.2, 0.25) is 5.91 Å². The Labute approximate surface area is 118 Å². The van der Waals surface area contributed by atoms with E-state index in [0.717, 1.165) is 0 Å². The number of nitrogens with zero attached hydrogens (tertiary/aromatic N) is 2. The second-order valence-corrected chi connectivity index (χ2v) is 4.80. The Balaban J connectivity index is 2.78. The van der Waals surface area contributed by atoms with Crippen LogP contribution in [0.3, 0.4) is 0 Å². The molecule has 1 aromatic rings. The fraction of sp³-hybridized carbons (Fsp3) is 0.462. The molecule has 0 fully saturated rings. The molecule has 0 aliphatic heterocycles. The van der Waals surface area contributed by atoms with E-state index in [9.17, 15) is 9.59 Å². The van der Waals surface area contributed by atoms with Crippen LogP contribution in [-0.4, -0.2) is 40.8 Å². The highest BCUT2D eigenvalue weighted by molar-refractivity contribution is 6.33. The highest BCUT2D eigenvalue weighted by Gasteiger charge is 2.19. The van der Waals surface area contributed by atoms with Crippen molar-refractivity contribution in [3.05, 3.63) is 29.0 Å². The molecule has 1 rings (SSSR count). The second-order valence-electron chi connectivity index (χ2n) is 4.40. The van der Waals surface area contributed by atoms with E-state index in [2.05, 4.69) is 10.3 Å². The zero-order valence-corrected chi connectivity index (χ0v) is 12.1. The van der Waals surface area contributed by atoms with Crippen molar-refractivity contribution in [3.8, 4) is 0 Å². The van der Waals surface area contributed by atoms with Crippen molar-refractivity contribution < 1.29 is 9.59 Å². The SMILES string of the molecule is CCN(CC(=O)NC(C)C)C(=O)c1ccncc1Cl. The van der Waals surface area contributed by atoms with Gasteiger partial charge in [0.25, 0.3) is 5.91 Å². The van der Waals surface area contributed by atoms with Gasteiger partial charge in [0.05, 0.1) is 17.1 Å². The third kappa shape index (κ3) is 4.52. The van der Waals surface area contributed by atoms with Crippen LogP contribution < -0.4 is 5.32 Å². The van der Waals surface area contributed by atoms with Crippen molar-refractivity contribution in [2.45, 2.75) is 26.8 Å². The summed E-state index contributed by atoms with van der Waals surface area (Å²) in [6, 6.07) is 1.60. The van der Waals surface area contributed by atoms with Crippen LogP contribution in [0.5, 0.6) is 0 Å². The van der Waals surface area contributed by atoms with Gasteiger partial charge in [0.15, 0.2) is 0 Å². The van der Waals surface area contributed by atoms with Gasteiger partial charge < -0.3 is 10.2 Å². The summed E-state index contributed by atoms with van der Waals surface area (Å²) in [5, 5.41) is 3.04. The Hall–Kier alpha value is -1.62. The molecule has 0 radical (unpaired) electrons. The molecule has 0 unspecified atom stereocenters. The average Bonchev–Trinajstić information content (AvgIpc) is 2.35. The van der Waals surface area contributed by atoms with Crippen molar-refractivity contribution in [1.29, 1.82) is 0 Å². The average molecular weight is 284 g/mol. The van der Waals surface area contributed by atoms with Crippen LogP contribution >= 0.6 is 11.6 Å². The lowest BCUT2D eigenvalue weighted by molar-refractivity contribution is -0.122. The summed E-state index contributed by atoms with van der Waals surface area (Å²) >= 11 is 5.93. The standard InChI is InChI=1S/C13H18ClN3O2/c1-4-17(8-12(18)16-9(2)3)13(19)10-5-6-15-7-11(10)14/h5-7,9H,4,8H2,1-3H3,(H,16,18). The number of rotatable bonds is 5. The van der Waals surface area contributed by atoms with Gasteiger partial charge in [-0.3, -0.25) is 14.6 Å². The van der Waals surface area contributed by atoms with E-state index in [-0.39, 0.29) is 29.4 Å². The van der Waals surface area contributed by atoms with Gasteiger partial charge in [-0.15, -0.1) is 0 Å². The van der Waals surface area contributed by atoms with Crippen LogP contribution in [0.4, 0.5) is 0 Å². The number of nitrogens with one attached hydrogen (secondary N) is 1. The first-order valence-electron chi connectivity index (χ1n) is 6.13. The van der Waals surface area contributed by atoms with Gasteiger partial charge in [-0.1, -0.05) is 11.6 Å². The number of pyridine rings is 1. The quantitative estimate of drug-likeness (QED) is 0.895. The summed E-state index contributed by atoms with van der Waals surface area (Å²) in [6.07, 6.45) is 2.91. The highest BCUT2D eigenvalue weighted by atomic mass is 35.5. The molecule has 1 aromatic heterocycles. The van der Waals surface area contributed by atoms with Crippen molar-refractivity contribution in [3.63, 3.8) is 0 Å². The third-order valence-electron chi connectivity index (χ3n) is 2.46. The monoisotopic (exact) mass is 283 g/mol. The minimum atomic E-state index is -0.270. The van der Waals surface area contributed by atoms with Crippen LogP contribution in [0.15, 0.2) is 18.5 Å². The maximum atomic E-state index is 12.3. The maximum absolute atomic E-state index is 12.3. The van der Waals surface area contributed by atoms with E-state index in [1.165, 1.54) is 17.3 Å². The number of amides is 2. The fourth-order valence-electron chi connectivity index (χ4n) is 1.59. The number of aromatic nitrogens is 1. The Kier molecular flexibility index (Phi) is 5.76. The smallest absolute Gasteiger partial charge is 0.255 e. The number of carbonyl (C=O) groups excluding carboxylic acids is 2. The third-order valence-corrected chi connectivity index (χ3v) is 2.76. The minimum Gasteiger partial charge on any atom is -0.352 e. The van der Waals surface area contributed by atoms with Gasteiger partial charge in [-0.2, -0.15) is 0 Å². The number of hydrogen-bond acceptors (Lipinski definition) is 3. The second kappa shape index (κ2) is 7.09. The zero-order valence-electron chi connectivity index (χ0n) is 11.3. The van der Waals surface area contributed by atoms with E-state index in [1.807, 2.05) is 20.8 Å². The molecule has 2 amide bonds. The molecule has 1 heterocycles. The Bertz CT molecular complexity index is 463. The molecule has 0 saturated heterocycles. The number of halogens is 1. The van der Waals surface area contributed by atoms with Crippen LogP contribution in [0, 0.1) is 0 Å². The van der Waals surface area contributed by atoms with E-state index in [0.29, 0.717) is 12.1 Å². The Morgan fingerprint density at radius 1 is 1.47 bits per heavy atom. The highest BCUT2D eigenvalue weighted by Crippen LogP contribution is 2.15. The molecule has 1 N–H and O–H groups in total. The van der Waals surface area contributed by atoms with Gasteiger partial charge in [-0.25, -0.2) is 0 Å². The van der Waals surface area contributed by atoms with Gasteiger partial charge in [0.1, 0.15) is 0 Å². The van der Waals surface area contributed by atoms with Crippen LogP contribution in [0.1, 0.15) is 31.1 Å². The van der Waals surface area contributed by atoms with E-state index < -0.39 is 0 Å². The van der Waals surface area contributed by atoms with Crippen LogP contribution in [0.2, 0.25) is 5.02 Å². The molecule has 0 aliphatic rings. The van der Waals surface area contributed by atoms with Crippen LogP contribution in [0.25, 0.3) is 0 Å². The minimum absolute atomic E-state index is 0.0200. The van der Waals surface area contributed by atoms with Crippen LogP contribution in [-0.2, 0) is 4.79 Å². The molecule has 0 spiro atoms. The first kappa shape index (κ1) is 15.4. The zero-order chi connectivity index (χ0) is 14.4. The molecule has 0 atom stereocenters. The van der Waals surface area contributed by atoms with E-state index in [1.54, 1.807) is 6.07 Å². The molecular formula is C13H18ClN3O2. The molecule has 6 heteroatoms. The molecule has 0 saturated carbocycles. The number of carbonyl (C=O) groups is 2. The van der Waals surface area contributed by atoms with E-state index >= 15 is 0 Å². The molecule has 104 valence electrons. The predicted molar refractivity (Wildman–Crippen MR) is 74.1 cm³/mol. The van der Waals surface area contributed by atoms with Gasteiger partial charge in [-0.05, 0) is 26.8 Å². The fourth-order valence-corrected chi connectivity index (χ4v) is 1.79. The van der Waals surface area contributed by atoms with E-state index in [4.69, 9.17) is 11.6 Å². The Morgan fingerprint density at radius 3 is 2.68 bits per heavy atom. The molecule has 0 bridgehead atoms. The lowest BCUT2D eigenvalue weighted by Gasteiger charge is -2.21. The molecule has 0 aromatic carbocycles. The lowest BCUT2D eigenvalue weighted by atomic mass is 10.2. The molecular weight excluding hydrogens is 266 g/mol. The summed E-state index contributed by atoms with van der Waals surface area (Å²) in [4.78, 5) is 29.2. The summed E-state index contributed by atoms with van der Waals surface area (Å²) in [6.45, 7) is 6.01.